The van der Waals surface area contributed by atoms with E-state index in [1.54, 1.807) is 0 Å². The Morgan fingerprint density at radius 2 is 0.700 bits per heavy atom. The minimum absolute atomic E-state index is 0.0487. The highest BCUT2D eigenvalue weighted by atomic mass is 127. The Labute approximate surface area is 296 Å². The van der Waals surface area contributed by atoms with Crippen molar-refractivity contribution in [2.75, 3.05) is 0 Å². The van der Waals surface area contributed by atoms with Gasteiger partial charge in [-0.1, -0.05) is 248 Å². The van der Waals surface area contributed by atoms with E-state index >= 15 is 0 Å². The van der Waals surface area contributed by atoms with Crippen LogP contribution in [0.15, 0.2) is 0 Å². The van der Waals surface area contributed by atoms with E-state index in [-0.39, 0.29) is 3.72 Å². The van der Waals surface area contributed by atoms with Crippen LogP contribution in [0.1, 0.15) is 0 Å². The minimum Gasteiger partial charge on any atom is -0.204 e. The molecule has 0 rings (SSSR count). The van der Waals surface area contributed by atoms with E-state index < -0.39 is 3.04 Å². The van der Waals surface area contributed by atoms with Gasteiger partial charge in [-0.2, -0.15) is 0 Å². The maximum atomic E-state index is 12.8. The van der Waals surface area contributed by atoms with E-state index in [0.717, 1.165) is 0 Å². The second-order valence-electron chi connectivity index (χ2n) is 3.32. The van der Waals surface area contributed by atoms with Gasteiger partial charge in [-0.25, -0.2) is 5.11 Å². The van der Waals surface area contributed by atoms with Gasteiger partial charge in [-0.3, -0.25) is 0 Å². The molecule has 0 aliphatic carbocycles. The van der Waals surface area contributed by atoms with Crippen LogP contribution >= 0.6 is 294 Å². The standard InChI is InChI=1S/C6I13O/c7-1(4(12,13)14,5(15,16)17)2(8,9)3(10,11)6(18,19)20. The summed E-state index contributed by atoms with van der Waals surface area (Å²) >= 11 is 31.4. The molecular weight excluding hydrogens is 1740 g/mol. The summed E-state index contributed by atoms with van der Waals surface area (Å²) in [6.45, 7) is 0. The summed E-state index contributed by atoms with van der Waals surface area (Å²) in [5.74, 6) is 0. The summed E-state index contributed by atoms with van der Waals surface area (Å²) < 4.78 is -2.09. The molecule has 14 heteroatoms. The van der Waals surface area contributed by atoms with Crippen molar-refractivity contribution in [2.45, 2.75) is 6.76 Å². The normalized spacial score (nSPS) is 16.5. The van der Waals surface area contributed by atoms with Gasteiger partial charge < -0.3 is 0 Å². The third-order valence-electron chi connectivity index (χ3n) is 1.97. The molecule has 0 aromatic carbocycles. The topological polar surface area (TPSA) is 19.9 Å². The molecule has 0 N–H and O–H groups in total. The van der Waals surface area contributed by atoms with Crippen molar-refractivity contribution >= 4 is 294 Å². The Hall–Kier alpha value is 9.45. The second-order valence-corrected chi connectivity index (χ2v) is 42.7. The fourth-order valence-electron chi connectivity index (χ4n) is 0.916. The van der Waals surface area contributed by atoms with Crippen molar-refractivity contribution in [3.63, 3.8) is 0 Å². The number of rotatable bonds is 5. The van der Waals surface area contributed by atoms with Crippen LogP contribution in [0.2, 0.25) is 0 Å². The zero-order valence-electron chi connectivity index (χ0n) is 8.32. The summed E-state index contributed by atoms with van der Waals surface area (Å²) in [5, 5.41) is 12.8. The Balaban J connectivity index is 6.38. The van der Waals surface area contributed by atoms with Gasteiger partial charge in [0.15, 0.2) is 0 Å². The summed E-state index contributed by atoms with van der Waals surface area (Å²) in [4.78, 5) is 0. The molecule has 121 valence electrons. The van der Waals surface area contributed by atoms with Crippen LogP contribution < -0.4 is 0 Å². The van der Waals surface area contributed by atoms with Gasteiger partial charge in [0, 0.05) is 0 Å². The van der Waals surface area contributed by atoms with Crippen molar-refractivity contribution in [1.29, 1.82) is 0 Å². The molecule has 0 saturated carbocycles. The summed E-state index contributed by atoms with van der Waals surface area (Å²) in [7, 11) is 0. The summed E-state index contributed by atoms with van der Waals surface area (Å²) in [6, 6.07) is 0. The minimum atomic E-state index is -1.10. The number of alkyl halides is 13. The summed E-state index contributed by atoms with van der Waals surface area (Å²) in [6.07, 6.45) is 0. The molecule has 1 nitrogen and oxygen atoms in total. The first-order chi connectivity index (χ1) is 8.25. The molecule has 0 saturated heterocycles. The highest BCUT2D eigenvalue weighted by Gasteiger charge is 2.75. The maximum Gasteiger partial charge on any atom is 0.229 e. The lowest BCUT2D eigenvalue weighted by atomic mass is 10.1. The first kappa shape index (κ1) is 29.5. The lowest BCUT2D eigenvalue weighted by Gasteiger charge is -2.55. The van der Waals surface area contributed by atoms with Crippen molar-refractivity contribution < 1.29 is 5.11 Å². The molecule has 0 aromatic rings. The SMILES string of the molecule is [O]C(I)(I)C(I)(I)C(I)(I)C(I)(C(I)(I)I)C(I)(I)I. The zero-order valence-corrected chi connectivity index (χ0v) is 36.4. The molecule has 0 aliphatic heterocycles. The first-order valence-corrected chi connectivity index (χ1v) is 17.9. The molecule has 0 aromatic heterocycles. The van der Waals surface area contributed by atoms with E-state index in [2.05, 4.69) is 248 Å². The third-order valence-corrected chi connectivity index (χ3v) is 33.8. The average molecular weight is 1740 g/mol. The van der Waals surface area contributed by atoms with E-state index in [1.807, 2.05) is 45.2 Å². The predicted octanol–water partition coefficient (Wildman–Crippen LogP) is 10.2. The van der Waals surface area contributed by atoms with E-state index in [1.165, 1.54) is 0 Å². The van der Waals surface area contributed by atoms with Gasteiger partial charge in [0.1, 0.15) is 5.15 Å². The number of hydrogen-bond donors (Lipinski definition) is 0. The van der Waals surface area contributed by atoms with E-state index in [0.29, 0.717) is 0 Å². The van der Waals surface area contributed by atoms with E-state index in [9.17, 15) is 5.11 Å². The zero-order chi connectivity index (χ0) is 17.0. The molecule has 0 bridgehead atoms. The number of halogens is 13. The molecule has 1 radical (unpaired) electrons. The average Bonchev–Trinajstić information content (AvgIpc) is 2.10. The predicted molar refractivity (Wildman–Crippen MR) is 199 cm³/mol. The molecule has 0 spiro atoms. The monoisotopic (exact) mass is 1740 g/mol. The van der Waals surface area contributed by atoms with Gasteiger partial charge in [-0.15, -0.1) is 0 Å². The van der Waals surface area contributed by atoms with Crippen molar-refractivity contribution in [3.05, 3.63) is 0 Å². The van der Waals surface area contributed by atoms with Gasteiger partial charge in [-0.05, 0) is 45.2 Å². The smallest absolute Gasteiger partial charge is 0.204 e. The molecule has 0 aliphatic rings. The lowest BCUT2D eigenvalue weighted by Crippen LogP contribution is -2.66. The Kier molecular flexibility index (Phi) is 15.3. The van der Waals surface area contributed by atoms with Gasteiger partial charge in [0.05, 0.1) is 0 Å². The molecule has 0 fully saturated rings. The highest BCUT2D eigenvalue weighted by molar-refractivity contribution is 14.3. The first-order valence-electron chi connectivity index (χ1n) is 3.91. The van der Waals surface area contributed by atoms with Crippen LogP contribution in [-0.2, 0) is 5.11 Å². The fraction of sp³-hybridized carbons (Fsp3) is 1.00. The Morgan fingerprint density at radius 1 is 0.450 bits per heavy atom. The largest absolute Gasteiger partial charge is 0.229 e. The van der Waals surface area contributed by atoms with Crippen LogP contribution in [-0.4, -0.2) is 6.76 Å². The fourth-order valence-corrected chi connectivity index (χ4v) is 24.1. The van der Waals surface area contributed by atoms with Gasteiger partial charge >= 0.3 is 0 Å². The molecule has 20 heavy (non-hydrogen) atoms. The van der Waals surface area contributed by atoms with Crippen LogP contribution in [0.25, 0.3) is 0 Å². The Bertz CT molecular complexity index is 343. The van der Waals surface area contributed by atoms with Crippen molar-refractivity contribution in [3.8, 4) is 0 Å². The van der Waals surface area contributed by atoms with Crippen LogP contribution in [0, 0.1) is 0 Å². The quantitative estimate of drug-likeness (QED) is 0.193. The van der Waals surface area contributed by atoms with Crippen LogP contribution in [0.5, 0.6) is 0 Å². The molecular formula is C6I13O. The van der Waals surface area contributed by atoms with Gasteiger partial charge in [0.25, 0.3) is 0 Å². The number of hydrogen-bond acceptors (Lipinski definition) is 0. The molecule has 0 atom stereocenters. The second kappa shape index (κ2) is 10.4. The van der Waals surface area contributed by atoms with Crippen molar-refractivity contribution in [1.82, 2.24) is 0 Å². The Morgan fingerprint density at radius 3 is 0.850 bits per heavy atom. The molecule has 0 heterocycles. The molecule has 0 unspecified atom stereocenters. The third kappa shape index (κ3) is 6.48. The highest BCUT2D eigenvalue weighted by Crippen LogP contribution is 2.76. The van der Waals surface area contributed by atoms with Gasteiger partial charge in [0.2, 0.25) is 1.61 Å². The molecule has 0 amide bonds. The van der Waals surface area contributed by atoms with E-state index in [4.69, 9.17) is 0 Å². The lowest BCUT2D eigenvalue weighted by molar-refractivity contribution is 0.159. The summed E-state index contributed by atoms with van der Waals surface area (Å²) in [5.41, 5.74) is 0. The maximum absolute atomic E-state index is 12.8. The van der Waals surface area contributed by atoms with Crippen molar-refractivity contribution in [2.24, 2.45) is 0 Å². The van der Waals surface area contributed by atoms with Crippen LogP contribution in [0.3, 0.4) is 0 Å². The van der Waals surface area contributed by atoms with Crippen LogP contribution in [0.4, 0.5) is 0 Å².